The van der Waals surface area contributed by atoms with Crippen molar-refractivity contribution >= 4 is 34.2 Å². The Morgan fingerprint density at radius 2 is 2.04 bits per heavy atom. The number of non-ortho nitro benzene ring substituents is 1. The molecule has 0 bridgehead atoms. The number of aliphatic imine (C=N–C) groups is 1. The summed E-state index contributed by atoms with van der Waals surface area (Å²) >= 11 is 1.53. The number of carbonyl (C=O) groups is 1. The minimum Gasteiger partial charge on any atom is -0.283 e. The van der Waals surface area contributed by atoms with Gasteiger partial charge < -0.3 is 0 Å². The predicted molar refractivity (Wildman–Crippen MR) is 99.3 cm³/mol. The minimum absolute atomic E-state index is 0.0271. The normalized spacial score (nSPS) is 18.5. The Kier molecular flexibility index (Phi) is 5.14. The Morgan fingerprint density at radius 3 is 2.72 bits per heavy atom. The Balaban J connectivity index is 1.96. The van der Waals surface area contributed by atoms with Crippen LogP contribution in [0.15, 0.2) is 59.6 Å². The van der Waals surface area contributed by atoms with Crippen LogP contribution in [0, 0.1) is 10.1 Å². The van der Waals surface area contributed by atoms with E-state index in [0.717, 1.165) is 17.9 Å². The zero-order valence-corrected chi connectivity index (χ0v) is 14.5. The van der Waals surface area contributed by atoms with Crippen molar-refractivity contribution in [2.24, 2.45) is 4.99 Å². The van der Waals surface area contributed by atoms with Gasteiger partial charge in [-0.1, -0.05) is 43.0 Å². The van der Waals surface area contributed by atoms with Gasteiger partial charge in [0.05, 0.1) is 10.6 Å². The fourth-order valence-electron chi connectivity index (χ4n) is 2.61. The number of nitrogens with zero attached hydrogens (tertiary/aromatic N) is 3. The molecule has 6 nitrogen and oxygen atoms in total. The summed E-state index contributed by atoms with van der Waals surface area (Å²) in [7, 11) is 0. The van der Waals surface area contributed by atoms with Crippen LogP contribution in [-0.4, -0.2) is 32.7 Å². The van der Waals surface area contributed by atoms with Crippen molar-refractivity contribution in [2.75, 3.05) is 5.75 Å². The second-order valence-electron chi connectivity index (χ2n) is 5.59. The van der Waals surface area contributed by atoms with Crippen molar-refractivity contribution in [1.82, 2.24) is 4.90 Å². The first-order chi connectivity index (χ1) is 12.1. The van der Waals surface area contributed by atoms with Crippen LogP contribution in [0.5, 0.6) is 0 Å². The number of para-hydroxylation sites is 1. The molecule has 0 radical (unpaired) electrons. The molecule has 2 aromatic rings. The van der Waals surface area contributed by atoms with E-state index in [4.69, 9.17) is 0 Å². The van der Waals surface area contributed by atoms with Gasteiger partial charge in [-0.05, 0) is 24.6 Å². The fourth-order valence-corrected chi connectivity index (χ4v) is 3.88. The number of thioether (sulfide) groups is 1. The molecule has 7 heteroatoms. The third-order valence-corrected chi connectivity index (χ3v) is 5.05. The van der Waals surface area contributed by atoms with Crippen molar-refractivity contribution in [3.63, 3.8) is 0 Å². The van der Waals surface area contributed by atoms with Crippen molar-refractivity contribution in [1.29, 1.82) is 0 Å². The number of nitro benzene ring substituents is 1. The van der Waals surface area contributed by atoms with Gasteiger partial charge in [-0.3, -0.25) is 19.8 Å². The lowest BCUT2D eigenvalue weighted by Gasteiger charge is -2.23. The summed E-state index contributed by atoms with van der Waals surface area (Å²) in [5.41, 5.74) is 0.988. The maximum atomic E-state index is 13.0. The quantitative estimate of drug-likeness (QED) is 0.607. The molecular formula is C18H17N3O3S. The van der Waals surface area contributed by atoms with E-state index in [1.807, 2.05) is 37.3 Å². The highest BCUT2D eigenvalue weighted by atomic mass is 32.2. The molecule has 128 valence electrons. The number of benzene rings is 2. The van der Waals surface area contributed by atoms with Gasteiger partial charge in [-0.25, -0.2) is 4.99 Å². The Bertz CT molecular complexity index is 823. The van der Waals surface area contributed by atoms with Crippen molar-refractivity contribution in [3.8, 4) is 0 Å². The summed E-state index contributed by atoms with van der Waals surface area (Å²) in [6, 6.07) is 15.3. The van der Waals surface area contributed by atoms with Crippen LogP contribution in [0.25, 0.3) is 0 Å². The average Bonchev–Trinajstić information content (AvgIpc) is 3.04. The molecule has 1 aliphatic rings. The highest BCUT2D eigenvalue weighted by Crippen LogP contribution is 2.30. The molecule has 1 saturated heterocycles. The van der Waals surface area contributed by atoms with Crippen LogP contribution >= 0.6 is 11.8 Å². The summed E-state index contributed by atoms with van der Waals surface area (Å²) < 4.78 is 0. The standard InChI is InChI=1S/C18H17N3O3S/c1-2-15-12-25-18(19-14-8-4-3-5-9-14)20(15)17(22)13-7-6-10-16(11-13)21(23)24/h3-11,15H,2,12H2,1H3/t15-/m1/s1. The number of carbonyl (C=O) groups excluding carboxylic acids is 1. The summed E-state index contributed by atoms with van der Waals surface area (Å²) in [6.07, 6.45) is 0.793. The maximum absolute atomic E-state index is 13.0. The van der Waals surface area contributed by atoms with E-state index in [1.54, 1.807) is 11.0 Å². The molecule has 0 saturated carbocycles. The van der Waals surface area contributed by atoms with E-state index in [1.165, 1.54) is 30.0 Å². The first-order valence-electron chi connectivity index (χ1n) is 7.94. The lowest BCUT2D eigenvalue weighted by Crippen LogP contribution is -2.39. The minimum atomic E-state index is -0.494. The predicted octanol–water partition coefficient (Wildman–Crippen LogP) is 4.25. The number of amidine groups is 1. The number of hydrogen-bond donors (Lipinski definition) is 0. The zero-order chi connectivity index (χ0) is 17.8. The van der Waals surface area contributed by atoms with Crippen molar-refractivity contribution in [2.45, 2.75) is 19.4 Å². The van der Waals surface area contributed by atoms with Gasteiger partial charge in [-0.15, -0.1) is 0 Å². The lowest BCUT2D eigenvalue weighted by molar-refractivity contribution is -0.384. The van der Waals surface area contributed by atoms with E-state index >= 15 is 0 Å². The molecule has 25 heavy (non-hydrogen) atoms. The second-order valence-corrected chi connectivity index (χ2v) is 6.57. The highest BCUT2D eigenvalue weighted by Gasteiger charge is 2.35. The van der Waals surface area contributed by atoms with E-state index in [2.05, 4.69) is 4.99 Å². The number of rotatable bonds is 4. The maximum Gasteiger partial charge on any atom is 0.270 e. The molecule has 1 amide bonds. The summed E-state index contributed by atoms with van der Waals surface area (Å²) in [5, 5.41) is 11.6. The SMILES string of the molecule is CC[C@@H]1CSC(=Nc2ccccc2)N1C(=O)c1cccc([N+](=O)[O-])c1. The molecule has 1 aliphatic heterocycles. The Labute approximate surface area is 149 Å². The molecule has 1 heterocycles. The van der Waals surface area contributed by atoms with Gasteiger partial charge >= 0.3 is 0 Å². The highest BCUT2D eigenvalue weighted by molar-refractivity contribution is 8.14. The largest absolute Gasteiger partial charge is 0.283 e. The van der Waals surface area contributed by atoms with Gasteiger partial charge in [0.25, 0.3) is 11.6 Å². The van der Waals surface area contributed by atoms with Crippen molar-refractivity contribution < 1.29 is 9.72 Å². The van der Waals surface area contributed by atoms with Gasteiger partial charge in [0.1, 0.15) is 0 Å². The van der Waals surface area contributed by atoms with Crippen molar-refractivity contribution in [3.05, 3.63) is 70.3 Å². The van der Waals surface area contributed by atoms with Gasteiger partial charge in [0.2, 0.25) is 0 Å². The van der Waals surface area contributed by atoms with E-state index in [0.29, 0.717) is 10.7 Å². The number of amides is 1. The molecular weight excluding hydrogens is 338 g/mol. The zero-order valence-electron chi connectivity index (χ0n) is 13.7. The fraction of sp³-hybridized carbons (Fsp3) is 0.222. The monoisotopic (exact) mass is 355 g/mol. The van der Waals surface area contributed by atoms with Crippen LogP contribution in [-0.2, 0) is 0 Å². The van der Waals surface area contributed by atoms with E-state index < -0.39 is 4.92 Å². The van der Waals surface area contributed by atoms with E-state index in [-0.39, 0.29) is 17.6 Å². The van der Waals surface area contributed by atoms with Crippen LogP contribution in [0.2, 0.25) is 0 Å². The molecule has 0 N–H and O–H groups in total. The molecule has 0 aromatic heterocycles. The average molecular weight is 355 g/mol. The Hall–Kier alpha value is -2.67. The van der Waals surface area contributed by atoms with Gasteiger partial charge in [-0.2, -0.15) is 0 Å². The second kappa shape index (κ2) is 7.48. The molecule has 0 unspecified atom stereocenters. The molecule has 3 rings (SSSR count). The summed E-state index contributed by atoms with van der Waals surface area (Å²) in [5.74, 6) is 0.512. The molecule has 1 atom stereocenters. The number of nitro groups is 1. The topological polar surface area (TPSA) is 75.8 Å². The lowest BCUT2D eigenvalue weighted by atomic mass is 10.1. The third-order valence-electron chi connectivity index (χ3n) is 3.95. The van der Waals surface area contributed by atoms with Gasteiger partial charge in [0.15, 0.2) is 5.17 Å². The number of hydrogen-bond acceptors (Lipinski definition) is 5. The molecule has 0 aliphatic carbocycles. The molecule has 1 fully saturated rings. The summed E-state index contributed by atoms with van der Waals surface area (Å²) in [6.45, 7) is 2.02. The smallest absolute Gasteiger partial charge is 0.270 e. The molecule has 2 aromatic carbocycles. The van der Waals surface area contributed by atoms with Crippen LogP contribution in [0.4, 0.5) is 11.4 Å². The first kappa shape index (κ1) is 17.2. The first-order valence-corrected chi connectivity index (χ1v) is 8.93. The van der Waals surface area contributed by atoms with E-state index in [9.17, 15) is 14.9 Å². The van der Waals surface area contributed by atoms with Crippen LogP contribution in [0.1, 0.15) is 23.7 Å². The van der Waals surface area contributed by atoms with Crippen LogP contribution < -0.4 is 0 Å². The van der Waals surface area contributed by atoms with Gasteiger partial charge in [0, 0.05) is 29.5 Å². The molecule has 0 spiro atoms. The van der Waals surface area contributed by atoms with Crippen LogP contribution in [0.3, 0.4) is 0 Å². The third kappa shape index (κ3) is 3.71. The summed E-state index contributed by atoms with van der Waals surface area (Å²) in [4.78, 5) is 29.7. The Morgan fingerprint density at radius 1 is 1.28 bits per heavy atom.